The molecule has 0 saturated carbocycles. The lowest BCUT2D eigenvalue weighted by atomic mass is 9.73. The first kappa shape index (κ1) is 20.6. The Labute approximate surface area is 170 Å². The van der Waals surface area contributed by atoms with Crippen molar-refractivity contribution in [2.75, 3.05) is 33.0 Å². The smallest absolute Gasteiger partial charge is 0.272 e. The number of anilines is 1. The van der Waals surface area contributed by atoms with Crippen molar-refractivity contribution in [2.45, 2.75) is 26.2 Å². The van der Waals surface area contributed by atoms with Crippen LogP contribution in [0.15, 0.2) is 30.3 Å². The van der Waals surface area contributed by atoms with Gasteiger partial charge in [-0.25, -0.2) is 9.97 Å². The molecule has 1 aromatic heterocycles. The fourth-order valence-electron chi connectivity index (χ4n) is 3.65. The summed E-state index contributed by atoms with van der Waals surface area (Å²) in [6, 6.07) is 9.29. The van der Waals surface area contributed by atoms with Crippen molar-refractivity contribution in [3.8, 4) is 5.75 Å². The number of nitrogen functional groups attached to an aromatic ring is 1. The lowest BCUT2D eigenvalue weighted by molar-refractivity contribution is -0.138. The van der Waals surface area contributed by atoms with Crippen LogP contribution >= 0.6 is 0 Å². The molecule has 0 spiro atoms. The van der Waals surface area contributed by atoms with Crippen molar-refractivity contribution < 1.29 is 14.3 Å². The van der Waals surface area contributed by atoms with Crippen LogP contribution in [0.5, 0.6) is 5.75 Å². The van der Waals surface area contributed by atoms with Crippen molar-refractivity contribution in [3.05, 3.63) is 47.3 Å². The van der Waals surface area contributed by atoms with Crippen molar-refractivity contribution in [1.29, 1.82) is 0 Å². The van der Waals surface area contributed by atoms with E-state index in [2.05, 4.69) is 15.3 Å². The molecule has 1 aliphatic heterocycles. The van der Waals surface area contributed by atoms with Crippen molar-refractivity contribution in [1.82, 2.24) is 20.2 Å². The third kappa shape index (κ3) is 4.16. The number of nitrogens with zero attached hydrogens (tertiary/aromatic N) is 3. The number of nitrogens with two attached hydrogens (primary N) is 1. The molecule has 1 aromatic carbocycles. The van der Waals surface area contributed by atoms with Gasteiger partial charge in [0.2, 0.25) is 11.9 Å². The Balaban J connectivity index is 1.80. The van der Waals surface area contributed by atoms with E-state index in [0.29, 0.717) is 19.5 Å². The molecule has 0 bridgehead atoms. The largest absolute Gasteiger partial charge is 0.497 e. The standard InChI is InChI=1S/C21H27N5O3/c1-13(2)16-9-17(25-20(22)24-16)18(27)26-11-21(12-26,19(28)23-3)10-14-6-5-7-15(8-14)29-4/h5-9,13H,10-12H2,1-4H3,(H,23,28)(H2,22,24,25). The molecule has 1 aliphatic rings. The summed E-state index contributed by atoms with van der Waals surface area (Å²) in [6.45, 7) is 4.57. The summed E-state index contributed by atoms with van der Waals surface area (Å²) >= 11 is 0. The summed E-state index contributed by atoms with van der Waals surface area (Å²) in [5.74, 6) is 0.607. The quantitative estimate of drug-likeness (QED) is 0.766. The summed E-state index contributed by atoms with van der Waals surface area (Å²) < 4.78 is 5.28. The zero-order chi connectivity index (χ0) is 21.2. The van der Waals surface area contributed by atoms with E-state index in [-0.39, 0.29) is 29.4 Å². The van der Waals surface area contributed by atoms with Crippen LogP contribution in [0.4, 0.5) is 5.95 Å². The Morgan fingerprint density at radius 3 is 2.62 bits per heavy atom. The van der Waals surface area contributed by atoms with Gasteiger partial charge in [-0.1, -0.05) is 26.0 Å². The number of carbonyl (C=O) groups is 2. The van der Waals surface area contributed by atoms with E-state index in [1.165, 1.54) is 0 Å². The fraction of sp³-hybridized carbons (Fsp3) is 0.429. The average molecular weight is 397 g/mol. The van der Waals surface area contributed by atoms with Gasteiger partial charge in [0.05, 0.1) is 12.5 Å². The second-order valence-corrected chi connectivity index (χ2v) is 7.74. The minimum atomic E-state index is -0.684. The van der Waals surface area contributed by atoms with E-state index in [9.17, 15) is 9.59 Å². The Hall–Kier alpha value is -3.16. The maximum absolute atomic E-state index is 12.9. The van der Waals surface area contributed by atoms with Gasteiger partial charge in [-0.05, 0) is 36.1 Å². The number of hydrogen-bond acceptors (Lipinski definition) is 6. The molecule has 2 amide bonds. The van der Waals surface area contributed by atoms with Gasteiger partial charge < -0.3 is 20.7 Å². The number of hydrogen-bond donors (Lipinski definition) is 2. The van der Waals surface area contributed by atoms with Gasteiger partial charge in [0.25, 0.3) is 5.91 Å². The zero-order valence-electron chi connectivity index (χ0n) is 17.2. The van der Waals surface area contributed by atoms with Crippen LogP contribution in [-0.2, 0) is 11.2 Å². The predicted molar refractivity (Wildman–Crippen MR) is 110 cm³/mol. The van der Waals surface area contributed by atoms with Gasteiger partial charge in [0, 0.05) is 25.8 Å². The number of likely N-dealkylation sites (tertiary alicyclic amines) is 1. The van der Waals surface area contributed by atoms with Crippen LogP contribution in [-0.4, -0.2) is 53.9 Å². The van der Waals surface area contributed by atoms with Crippen molar-refractivity contribution in [2.24, 2.45) is 5.41 Å². The first-order chi connectivity index (χ1) is 13.8. The Morgan fingerprint density at radius 1 is 1.28 bits per heavy atom. The van der Waals surface area contributed by atoms with Crippen LogP contribution in [0, 0.1) is 5.41 Å². The monoisotopic (exact) mass is 397 g/mol. The molecule has 0 radical (unpaired) electrons. The summed E-state index contributed by atoms with van der Waals surface area (Å²) in [5, 5.41) is 2.74. The maximum Gasteiger partial charge on any atom is 0.272 e. The average Bonchev–Trinajstić information content (AvgIpc) is 2.68. The third-order valence-electron chi connectivity index (χ3n) is 5.23. The topological polar surface area (TPSA) is 110 Å². The molecule has 3 N–H and O–H groups in total. The highest BCUT2D eigenvalue weighted by Gasteiger charge is 2.51. The highest BCUT2D eigenvalue weighted by atomic mass is 16.5. The number of rotatable bonds is 6. The van der Waals surface area contributed by atoms with Crippen LogP contribution < -0.4 is 15.8 Å². The van der Waals surface area contributed by atoms with Gasteiger partial charge in [0.1, 0.15) is 11.4 Å². The number of carbonyl (C=O) groups excluding carboxylic acids is 2. The summed E-state index contributed by atoms with van der Waals surface area (Å²) in [5.41, 5.74) is 7.05. The SMILES string of the molecule is CNC(=O)C1(Cc2cccc(OC)c2)CN(C(=O)c2cc(C(C)C)nc(N)n2)C1. The molecule has 3 rings (SSSR count). The predicted octanol–water partition coefficient (Wildman–Crippen LogP) is 1.62. The molecule has 8 heteroatoms. The fourth-order valence-corrected chi connectivity index (χ4v) is 3.65. The molecule has 2 heterocycles. The minimum Gasteiger partial charge on any atom is -0.497 e. The normalized spacial score (nSPS) is 15.0. The Morgan fingerprint density at radius 2 is 2.00 bits per heavy atom. The highest BCUT2D eigenvalue weighted by molar-refractivity contribution is 5.95. The molecule has 0 unspecified atom stereocenters. The zero-order valence-corrected chi connectivity index (χ0v) is 17.2. The van der Waals surface area contributed by atoms with Crippen LogP contribution in [0.25, 0.3) is 0 Å². The molecule has 29 heavy (non-hydrogen) atoms. The van der Waals surface area contributed by atoms with Crippen molar-refractivity contribution in [3.63, 3.8) is 0 Å². The summed E-state index contributed by atoms with van der Waals surface area (Å²) in [6.07, 6.45) is 0.511. The molecule has 1 fully saturated rings. The number of methoxy groups -OCH3 is 1. The number of benzene rings is 1. The van der Waals surface area contributed by atoms with Gasteiger partial charge in [-0.3, -0.25) is 9.59 Å². The molecular formula is C21H27N5O3. The highest BCUT2D eigenvalue weighted by Crippen LogP contribution is 2.36. The summed E-state index contributed by atoms with van der Waals surface area (Å²) in [7, 11) is 3.22. The number of nitrogens with one attached hydrogen (secondary N) is 1. The first-order valence-corrected chi connectivity index (χ1v) is 9.57. The molecular weight excluding hydrogens is 370 g/mol. The number of aromatic nitrogens is 2. The molecule has 0 aliphatic carbocycles. The Kier molecular flexibility index (Phi) is 5.72. The molecule has 2 aromatic rings. The molecule has 8 nitrogen and oxygen atoms in total. The lowest BCUT2D eigenvalue weighted by Gasteiger charge is -2.48. The van der Waals surface area contributed by atoms with Crippen LogP contribution in [0.1, 0.15) is 41.5 Å². The van der Waals surface area contributed by atoms with Gasteiger partial charge in [-0.2, -0.15) is 0 Å². The van der Waals surface area contributed by atoms with Gasteiger partial charge in [0.15, 0.2) is 0 Å². The van der Waals surface area contributed by atoms with E-state index in [4.69, 9.17) is 10.5 Å². The third-order valence-corrected chi connectivity index (χ3v) is 5.23. The lowest BCUT2D eigenvalue weighted by Crippen LogP contribution is -2.65. The number of amides is 2. The summed E-state index contributed by atoms with van der Waals surface area (Å²) in [4.78, 5) is 35.5. The van der Waals surface area contributed by atoms with Gasteiger partial charge in [-0.15, -0.1) is 0 Å². The van der Waals surface area contributed by atoms with E-state index < -0.39 is 5.41 Å². The Bertz CT molecular complexity index is 922. The minimum absolute atomic E-state index is 0.0778. The van der Waals surface area contributed by atoms with Gasteiger partial charge >= 0.3 is 0 Å². The second kappa shape index (κ2) is 8.06. The maximum atomic E-state index is 12.9. The first-order valence-electron chi connectivity index (χ1n) is 9.57. The van der Waals surface area contributed by atoms with E-state index >= 15 is 0 Å². The van der Waals surface area contributed by atoms with Crippen LogP contribution in [0.3, 0.4) is 0 Å². The van der Waals surface area contributed by atoms with Crippen molar-refractivity contribution >= 4 is 17.8 Å². The molecule has 0 atom stereocenters. The molecule has 154 valence electrons. The van der Waals surface area contributed by atoms with E-state index in [1.807, 2.05) is 38.1 Å². The second-order valence-electron chi connectivity index (χ2n) is 7.74. The van der Waals surface area contributed by atoms with E-state index in [1.54, 1.807) is 25.1 Å². The van der Waals surface area contributed by atoms with Crippen LogP contribution in [0.2, 0.25) is 0 Å². The van der Waals surface area contributed by atoms with E-state index in [0.717, 1.165) is 17.0 Å². The molecule has 1 saturated heterocycles. The number of ether oxygens (including phenoxy) is 1.